The molecule has 0 amide bonds. The molecule has 0 unspecified atom stereocenters. The van der Waals surface area contributed by atoms with E-state index in [2.05, 4.69) is 18.2 Å². The number of hydrogen-bond donors (Lipinski definition) is 0. The van der Waals surface area contributed by atoms with Gasteiger partial charge in [0.15, 0.2) is 0 Å². The molecular formula is C22H15N3. The Morgan fingerprint density at radius 2 is 1.48 bits per heavy atom. The van der Waals surface area contributed by atoms with Gasteiger partial charge in [-0.15, -0.1) is 0 Å². The Bertz CT molecular complexity index is 1060. The van der Waals surface area contributed by atoms with E-state index < -0.39 is 0 Å². The highest BCUT2D eigenvalue weighted by atomic mass is 14.8. The van der Waals surface area contributed by atoms with Gasteiger partial charge in [0, 0.05) is 12.0 Å². The molecule has 0 N–H and O–H groups in total. The molecule has 0 bridgehead atoms. The number of benzene rings is 3. The summed E-state index contributed by atoms with van der Waals surface area (Å²) in [7, 11) is 0. The topological polar surface area (TPSA) is 49.6 Å². The number of aromatic nitrogens is 2. The molecule has 0 atom stereocenters. The number of nitriles is 1. The van der Waals surface area contributed by atoms with E-state index in [0.29, 0.717) is 12.0 Å². The zero-order valence-corrected chi connectivity index (χ0v) is 13.6. The minimum atomic E-state index is 0.594. The summed E-state index contributed by atoms with van der Waals surface area (Å²) in [6.45, 7) is 0. The van der Waals surface area contributed by atoms with Gasteiger partial charge in [0.05, 0.1) is 34.1 Å². The van der Waals surface area contributed by atoms with Crippen LogP contribution in [0.25, 0.3) is 22.3 Å². The smallest absolute Gasteiger partial charge is 0.0992 e. The van der Waals surface area contributed by atoms with Crippen molar-refractivity contribution in [3.05, 3.63) is 95.7 Å². The van der Waals surface area contributed by atoms with E-state index in [-0.39, 0.29) is 0 Å². The first-order valence-electron chi connectivity index (χ1n) is 8.13. The normalized spacial score (nSPS) is 10.5. The molecule has 3 aromatic carbocycles. The molecule has 0 saturated heterocycles. The molecule has 1 heterocycles. The van der Waals surface area contributed by atoms with Gasteiger partial charge in [-0.05, 0) is 23.8 Å². The van der Waals surface area contributed by atoms with E-state index in [1.807, 2.05) is 54.6 Å². The third kappa shape index (κ3) is 3.11. The van der Waals surface area contributed by atoms with E-state index >= 15 is 0 Å². The maximum Gasteiger partial charge on any atom is 0.0992 e. The molecule has 1 aromatic heterocycles. The molecule has 3 nitrogen and oxygen atoms in total. The molecule has 3 heteroatoms. The average molecular weight is 321 g/mol. The Morgan fingerprint density at radius 1 is 0.760 bits per heavy atom. The number of fused-ring (bicyclic) bond motifs is 1. The lowest BCUT2D eigenvalue weighted by Gasteiger charge is -2.10. The SMILES string of the molecule is N#Cc1ccc2nc(Cc3ccccc3)c(-c3ccccc3)nc2c1. The average Bonchev–Trinajstić information content (AvgIpc) is 2.68. The molecule has 118 valence electrons. The largest absolute Gasteiger partial charge is 0.249 e. The number of nitrogens with zero attached hydrogens (tertiary/aromatic N) is 3. The van der Waals surface area contributed by atoms with Crippen molar-refractivity contribution in [1.29, 1.82) is 5.26 Å². The zero-order valence-electron chi connectivity index (χ0n) is 13.6. The van der Waals surface area contributed by atoms with Gasteiger partial charge in [-0.3, -0.25) is 0 Å². The molecule has 4 rings (SSSR count). The Morgan fingerprint density at radius 3 is 2.20 bits per heavy atom. The minimum Gasteiger partial charge on any atom is -0.249 e. The Labute approximate surface area is 146 Å². The molecule has 0 spiro atoms. The summed E-state index contributed by atoms with van der Waals surface area (Å²) >= 11 is 0. The lowest BCUT2D eigenvalue weighted by atomic mass is 10.0. The van der Waals surface area contributed by atoms with Crippen LogP contribution in [-0.2, 0) is 6.42 Å². The van der Waals surface area contributed by atoms with Crippen molar-refractivity contribution in [3.63, 3.8) is 0 Å². The monoisotopic (exact) mass is 321 g/mol. The molecule has 4 aromatic rings. The molecule has 0 fully saturated rings. The first-order valence-corrected chi connectivity index (χ1v) is 8.13. The van der Waals surface area contributed by atoms with Crippen molar-refractivity contribution in [2.75, 3.05) is 0 Å². The van der Waals surface area contributed by atoms with Gasteiger partial charge in [0.1, 0.15) is 0 Å². The molecule has 0 aliphatic rings. The quantitative estimate of drug-likeness (QED) is 0.546. The van der Waals surface area contributed by atoms with Gasteiger partial charge < -0.3 is 0 Å². The van der Waals surface area contributed by atoms with E-state index in [9.17, 15) is 0 Å². The third-order valence-corrected chi connectivity index (χ3v) is 4.13. The van der Waals surface area contributed by atoms with Crippen LogP contribution < -0.4 is 0 Å². The van der Waals surface area contributed by atoms with Crippen molar-refractivity contribution >= 4 is 11.0 Å². The summed E-state index contributed by atoms with van der Waals surface area (Å²) in [6.07, 6.45) is 0.716. The van der Waals surface area contributed by atoms with Crippen LogP contribution in [0.1, 0.15) is 16.8 Å². The second-order valence-electron chi connectivity index (χ2n) is 5.86. The van der Waals surface area contributed by atoms with Gasteiger partial charge >= 0.3 is 0 Å². The van der Waals surface area contributed by atoms with Crippen molar-refractivity contribution in [2.45, 2.75) is 6.42 Å². The third-order valence-electron chi connectivity index (χ3n) is 4.13. The van der Waals surface area contributed by atoms with Crippen LogP contribution in [0.4, 0.5) is 0 Å². The van der Waals surface area contributed by atoms with E-state index in [0.717, 1.165) is 28.0 Å². The van der Waals surface area contributed by atoms with Crippen molar-refractivity contribution in [3.8, 4) is 17.3 Å². The molecule has 0 radical (unpaired) electrons. The summed E-state index contributed by atoms with van der Waals surface area (Å²) in [5.74, 6) is 0. The van der Waals surface area contributed by atoms with Crippen LogP contribution in [0, 0.1) is 11.3 Å². The maximum absolute atomic E-state index is 9.13. The standard InChI is InChI=1S/C22H15N3/c23-15-17-11-12-19-20(14-17)25-22(18-9-5-2-6-10-18)21(24-19)13-16-7-3-1-4-8-16/h1-12,14H,13H2. The van der Waals surface area contributed by atoms with Crippen molar-refractivity contribution in [1.82, 2.24) is 9.97 Å². The van der Waals surface area contributed by atoms with Crippen LogP contribution in [-0.4, -0.2) is 9.97 Å². The highest BCUT2D eigenvalue weighted by Crippen LogP contribution is 2.25. The molecule has 0 saturated carbocycles. The Kier molecular flexibility index (Phi) is 3.94. The molecular weight excluding hydrogens is 306 g/mol. The van der Waals surface area contributed by atoms with Gasteiger partial charge in [0.25, 0.3) is 0 Å². The molecule has 0 aliphatic carbocycles. The van der Waals surface area contributed by atoms with Crippen molar-refractivity contribution in [2.24, 2.45) is 0 Å². The second kappa shape index (κ2) is 6.54. The Balaban J connectivity index is 1.91. The summed E-state index contributed by atoms with van der Waals surface area (Å²) in [6, 6.07) is 27.9. The van der Waals surface area contributed by atoms with Gasteiger partial charge in [-0.25, -0.2) is 9.97 Å². The van der Waals surface area contributed by atoms with Gasteiger partial charge in [-0.2, -0.15) is 5.26 Å². The number of hydrogen-bond acceptors (Lipinski definition) is 3. The predicted octanol–water partition coefficient (Wildman–Crippen LogP) is 4.76. The number of rotatable bonds is 3. The van der Waals surface area contributed by atoms with Crippen molar-refractivity contribution < 1.29 is 0 Å². The highest BCUT2D eigenvalue weighted by molar-refractivity contribution is 5.80. The summed E-state index contributed by atoms with van der Waals surface area (Å²) < 4.78 is 0. The fraction of sp³-hybridized carbons (Fsp3) is 0.0455. The summed E-state index contributed by atoms with van der Waals surface area (Å²) in [5, 5.41) is 9.13. The summed E-state index contributed by atoms with van der Waals surface area (Å²) in [4.78, 5) is 9.69. The van der Waals surface area contributed by atoms with E-state index in [1.165, 1.54) is 5.56 Å². The van der Waals surface area contributed by atoms with Crippen LogP contribution >= 0.6 is 0 Å². The van der Waals surface area contributed by atoms with E-state index in [1.54, 1.807) is 12.1 Å². The van der Waals surface area contributed by atoms with E-state index in [4.69, 9.17) is 15.2 Å². The van der Waals surface area contributed by atoms with Crippen LogP contribution in [0.2, 0.25) is 0 Å². The highest BCUT2D eigenvalue weighted by Gasteiger charge is 2.12. The maximum atomic E-state index is 9.13. The molecule has 0 aliphatic heterocycles. The first-order chi connectivity index (χ1) is 12.3. The zero-order chi connectivity index (χ0) is 17.1. The van der Waals surface area contributed by atoms with Gasteiger partial charge in [0.2, 0.25) is 0 Å². The fourth-order valence-electron chi connectivity index (χ4n) is 2.90. The minimum absolute atomic E-state index is 0.594. The van der Waals surface area contributed by atoms with Crippen LogP contribution in [0.3, 0.4) is 0 Å². The lowest BCUT2D eigenvalue weighted by molar-refractivity contribution is 1.07. The van der Waals surface area contributed by atoms with Gasteiger partial charge in [-0.1, -0.05) is 60.7 Å². The van der Waals surface area contributed by atoms with Crippen LogP contribution in [0.15, 0.2) is 78.9 Å². The Hall–Kier alpha value is -3.51. The lowest BCUT2D eigenvalue weighted by Crippen LogP contribution is -2.00. The summed E-state index contributed by atoms with van der Waals surface area (Å²) in [5.41, 5.74) is 6.18. The first kappa shape index (κ1) is 15.0. The van der Waals surface area contributed by atoms with Crippen LogP contribution in [0.5, 0.6) is 0 Å². The fourth-order valence-corrected chi connectivity index (χ4v) is 2.90. The second-order valence-corrected chi connectivity index (χ2v) is 5.86. The molecule has 25 heavy (non-hydrogen) atoms. The predicted molar refractivity (Wildman–Crippen MR) is 98.9 cm³/mol.